The van der Waals surface area contributed by atoms with Crippen molar-refractivity contribution in [2.75, 3.05) is 0 Å². The van der Waals surface area contributed by atoms with Crippen molar-refractivity contribution in [2.45, 2.75) is 4.71 Å². The van der Waals surface area contributed by atoms with Gasteiger partial charge in [0.15, 0.2) is 0 Å². The number of rotatable bonds is 1. The molecule has 0 aromatic heterocycles. The summed E-state index contributed by atoms with van der Waals surface area (Å²) in [5, 5.41) is 0. The van der Waals surface area contributed by atoms with E-state index in [2.05, 4.69) is 0 Å². The predicted molar refractivity (Wildman–Crippen MR) is 28.5 cm³/mol. The maximum atomic E-state index is 10.1. The summed E-state index contributed by atoms with van der Waals surface area (Å²) in [7, 11) is 0. The molecule has 0 unspecified atom stereocenters. The van der Waals surface area contributed by atoms with Crippen LogP contribution in [0.4, 0.5) is 0 Å². The molecule has 7 heavy (non-hydrogen) atoms. The van der Waals surface area contributed by atoms with Gasteiger partial charge < -0.3 is 0 Å². The molecule has 0 aliphatic heterocycles. The van der Waals surface area contributed by atoms with Gasteiger partial charge in [-0.05, 0) is 0 Å². The van der Waals surface area contributed by atoms with Gasteiger partial charge in [-0.1, -0.05) is 0 Å². The van der Waals surface area contributed by atoms with Crippen molar-refractivity contribution >= 4 is 15.7 Å². The van der Waals surface area contributed by atoms with Gasteiger partial charge in [-0.2, -0.15) is 0 Å². The van der Waals surface area contributed by atoms with Gasteiger partial charge in [0.1, 0.15) is 0 Å². The first-order valence-electron chi connectivity index (χ1n) is 2.11. The monoisotopic (exact) mass is 156 g/mol. The number of hydrogen-bond acceptors (Lipinski definition) is 1. The van der Waals surface area contributed by atoms with Gasteiger partial charge in [-0.3, -0.25) is 0 Å². The van der Waals surface area contributed by atoms with E-state index in [9.17, 15) is 3.74 Å². The van der Waals surface area contributed by atoms with Crippen molar-refractivity contribution in [1.29, 1.82) is 0 Å². The van der Waals surface area contributed by atoms with E-state index >= 15 is 0 Å². The fourth-order valence-corrected chi connectivity index (χ4v) is 1.20. The van der Waals surface area contributed by atoms with Crippen LogP contribution in [-0.2, 0) is 3.74 Å². The molecule has 0 atom stereocenters. The van der Waals surface area contributed by atoms with Crippen LogP contribution in [-0.4, -0.2) is 15.7 Å². The summed E-state index contributed by atoms with van der Waals surface area (Å²) in [5.41, 5.74) is 0. The Labute approximate surface area is 49.0 Å². The van der Waals surface area contributed by atoms with Crippen molar-refractivity contribution in [1.82, 2.24) is 0 Å². The maximum absolute atomic E-state index is 10.1. The molecule has 0 spiro atoms. The summed E-state index contributed by atoms with van der Waals surface area (Å²) < 4.78 is 10.4. The van der Waals surface area contributed by atoms with E-state index in [1.54, 1.807) is 0 Å². The first kappa shape index (κ1) is 4.98. The minimum absolute atomic E-state index is 0.274. The van der Waals surface area contributed by atoms with Gasteiger partial charge in [0.2, 0.25) is 0 Å². The second kappa shape index (κ2) is 2.22. The van der Waals surface area contributed by atoms with Crippen LogP contribution in [0.15, 0.2) is 24.3 Å². The molecule has 0 bridgehead atoms. The van der Waals surface area contributed by atoms with Crippen LogP contribution in [0.25, 0.3) is 0 Å². The molecule has 0 saturated carbocycles. The van der Waals surface area contributed by atoms with Gasteiger partial charge >= 0.3 is 48.4 Å². The summed E-state index contributed by atoms with van der Waals surface area (Å²) in [6.07, 6.45) is 7.76. The molecule has 0 heterocycles. The third kappa shape index (κ3) is 1.10. The van der Waals surface area contributed by atoms with Crippen molar-refractivity contribution < 1.29 is 3.74 Å². The van der Waals surface area contributed by atoms with Crippen LogP contribution in [0.5, 0.6) is 0 Å². The average molecular weight is 156 g/mol. The second-order valence-corrected chi connectivity index (χ2v) is 3.06. The van der Waals surface area contributed by atoms with Gasteiger partial charge in [0.25, 0.3) is 0 Å². The standard InChI is InChI=1S/C5H5AsO/c7-6-5-3-1-2-4-5/h1-5H. The molecule has 0 aromatic carbocycles. The zero-order valence-corrected chi connectivity index (χ0v) is 5.62. The quantitative estimate of drug-likeness (QED) is 0.516. The molecule has 0 N–H and O–H groups in total. The summed E-state index contributed by atoms with van der Waals surface area (Å²) in [5.74, 6) is 0. The summed E-state index contributed by atoms with van der Waals surface area (Å²) in [6, 6.07) is 0. The molecular formula is C5H5AsO. The Hall–Kier alpha value is -0.162. The molecule has 0 aromatic rings. The Morgan fingerprint density at radius 1 is 1.29 bits per heavy atom. The zero-order chi connectivity index (χ0) is 5.11. The molecular weight excluding hydrogens is 151 g/mol. The molecule has 1 nitrogen and oxygen atoms in total. The third-order valence-electron chi connectivity index (χ3n) is 0.849. The van der Waals surface area contributed by atoms with Crippen molar-refractivity contribution in [2.24, 2.45) is 0 Å². The van der Waals surface area contributed by atoms with Crippen molar-refractivity contribution in [3.8, 4) is 0 Å². The summed E-state index contributed by atoms with van der Waals surface area (Å²) in [4.78, 5) is 0. The van der Waals surface area contributed by atoms with Crippen molar-refractivity contribution in [3.63, 3.8) is 0 Å². The summed E-state index contributed by atoms with van der Waals surface area (Å²) in [6.45, 7) is 0. The number of hydrogen-bond donors (Lipinski definition) is 0. The topological polar surface area (TPSA) is 17.1 Å². The molecule has 1 rings (SSSR count). The SMILES string of the molecule is O=[As]C1C=CC=C1. The fourth-order valence-electron chi connectivity index (χ4n) is 0.490. The first-order valence-corrected chi connectivity index (χ1v) is 3.96. The average Bonchev–Trinajstić information content (AvgIpc) is 2.14. The molecule has 1 aliphatic carbocycles. The van der Waals surface area contributed by atoms with Gasteiger partial charge in [-0.15, -0.1) is 0 Å². The van der Waals surface area contributed by atoms with E-state index in [0.717, 1.165) is 0 Å². The molecule has 0 fully saturated rings. The van der Waals surface area contributed by atoms with E-state index in [-0.39, 0.29) is 4.71 Å². The van der Waals surface area contributed by atoms with Gasteiger partial charge in [0.05, 0.1) is 0 Å². The van der Waals surface area contributed by atoms with Crippen LogP contribution < -0.4 is 0 Å². The normalized spacial score (nSPS) is 19.4. The van der Waals surface area contributed by atoms with Gasteiger partial charge in [-0.25, -0.2) is 0 Å². The van der Waals surface area contributed by atoms with E-state index in [1.165, 1.54) is 0 Å². The first-order chi connectivity index (χ1) is 3.43. The summed E-state index contributed by atoms with van der Waals surface area (Å²) >= 11 is -0.700. The van der Waals surface area contributed by atoms with Crippen molar-refractivity contribution in [3.05, 3.63) is 24.3 Å². The van der Waals surface area contributed by atoms with Gasteiger partial charge in [0, 0.05) is 0 Å². The predicted octanol–water partition coefficient (Wildman–Crippen LogP) is 0.951. The fraction of sp³-hybridized carbons (Fsp3) is 0.200. The van der Waals surface area contributed by atoms with E-state index in [1.807, 2.05) is 24.3 Å². The Bertz CT molecular complexity index is 114. The van der Waals surface area contributed by atoms with Crippen LogP contribution in [0, 0.1) is 0 Å². The molecule has 0 saturated heterocycles. The Morgan fingerprint density at radius 2 is 1.86 bits per heavy atom. The molecule has 36 valence electrons. The minimum atomic E-state index is -0.700. The van der Waals surface area contributed by atoms with E-state index in [4.69, 9.17) is 0 Å². The van der Waals surface area contributed by atoms with E-state index in [0.29, 0.717) is 0 Å². The molecule has 1 aliphatic rings. The Kier molecular flexibility index (Phi) is 1.58. The van der Waals surface area contributed by atoms with Crippen LogP contribution in [0.3, 0.4) is 0 Å². The van der Waals surface area contributed by atoms with Crippen LogP contribution in [0.1, 0.15) is 0 Å². The Balaban J connectivity index is 2.59. The molecule has 0 radical (unpaired) electrons. The number of allylic oxidation sites excluding steroid dienone is 4. The molecule has 0 amide bonds. The molecule has 2 heteroatoms. The van der Waals surface area contributed by atoms with E-state index < -0.39 is 15.7 Å². The second-order valence-electron chi connectivity index (χ2n) is 1.37. The Morgan fingerprint density at radius 3 is 2.14 bits per heavy atom. The van der Waals surface area contributed by atoms with Crippen LogP contribution >= 0.6 is 0 Å². The van der Waals surface area contributed by atoms with Crippen LogP contribution in [0.2, 0.25) is 4.71 Å². The third-order valence-corrected chi connectivity index (χ3v) is 2.08. The zero-order valence-electron chi connectivity index (χ0n) is 3.74.